The van der Waals surface area contributed by atoms with E-state index in [0.717, 1.165) is 0 Å². The smallest absolute Gasteiger partial charge is 0.0639 e. The van der Waals surface area contributed by atoms with Gasteiger partial charge in [-0.05, 0) is 17.5 Å². The van der Waals surface area contributed by atoms with Gasteiger partial charge in [0.2, 0.25) is 0 Å². The van der Waals surface area contributed by atoms with E-state index in [0.29, 0.717) is 5.04 Å². The fourth-order valence-electron chi connectivity index (χ4n) is 1.88. The molecule has 0 aromatic heterocycles. The molecule has 1 heteroatoms. The molecule has 0 spiro atoms. The van der Waals surface area contributed by atoms with Gasteiger partial charge in [0.25, 0.3) is 0 Å². The predicted molar refractivity (Wildman–Crippen MR) is 84.8 cm³/mol. The quantitative estimate of drug-likeness (QED) is 0.495. The summed E-state index contributed by atoms with van der Waals surface area (Å²) in [6.07, 6.45) is 3.59. The maximum absolute atomic E-state index is 3.59. The van der Waals surface area contributed by atoms with Crippen molar-refractivity contribution in [2.75, 3.05) is 0 Å². The molecule has 0 unspecified atom stereocenters. The average Bonchev–Trinajstić information content (AvgIpc) is 2.13. The third-order valence-electron chi connectivity index (χ3n) is 4.19. The molecule has 98 valence electrons. The van der Waals surface area contributed by atoms with E-state index < -0.39 is 8.07 Å². The molecule has 18 heavy (non-hydrogen) atoms. The fraction of sp³-hybridized carbons (Fsp3) is 0.529. The predicted octanol–water partition coefficient (Wildman–Crippen LogP) is 5.37. The highest BCUT2D eigenvalue weighted by Gasteiger charge is 2.34. The zero-order chi connectivity index (χ0) is 14.1. The lowest BCUT2D eigenvalue weighted by atomic mass is 10.0. The van der Waals surface area contributed by atoms with E-state index >= 15 is 0 Å². The standard InChI is InChI=1S/C17H27Si/c1-13-11-14(2)16(15(3)12-13)9-10-18(7,8)17(4,5)6/h10-12H,1-8H3/q+1. The number of rotatable bonds is 2. The van der Waals surface area contributed by atoms with Gasteiger partial charge in [-0.25, -0.2) is 0 Å². The van der Waals surface area contributed by atoms with E-state index in [1.165, 1.54) is 22.3 Å². The lowest BCUT2D eigenvalue weighted by Crippen LogP contribution is -2.35. The summed E-state index contributed by atoms with van der Waals surface area (Å²) >= 11 is 0. The molecule has 1 rings (SSSR count). The second-order valence-corrected chi connectivity index (χ2v) is 12.3. The Morgan fingerprint density at radius 2 is 1.44 bits per heavy atom. The van der Waals surface area contributed by atoms with Gasteiger partial charge in [-0.2, -0.15) is 0 Å². The molecule has 0 amide bonds. The minimum absolute atomic E-state index is 0.381. The van der Waals surface area contributed by atoms with Crippen LogP contribution in [-0.2, 0) is 0 Å². The number of aryl methyl sites for hydroxylation is 3. The van der Waals surface area contributed by atoms with Crippen LogP contribution in [0.1, 0.15) is 43.0 Å². The highest BCUT2D eigenvalue weighted by atomic mass is 28.3. The molecule has 0 N–H and O–H groups in total. The van der Waals surface area contributed by atoms with Crippen LogP contribution in [0.5, 0.6) is 0 Å². The summed E-state index contributed by atoms with van der Waals surface area (Å²) in [4.78, 5) is 0. The molecule has 0 aliphatic carbocycles. The first-order valence-corrected chi connectivity index (χ1v) is 9.81. The molecule has 0 saturated carbocycles. The SMILES string of the molecule is Cc1cc(C)c([C+]=C[Si](C)(C)C(C)(C)C)c(C)c1. The highest BCUT2D eigenvalue weighted by molar-refractivity contribution is 6.84. The zero-order valence-corrected chi connectivity index (χ0v) is 14.2. The first kappa shape index (κ1) is 15.1. The summed E-state index contributed by atoms with van der Waals surface area (Å²) in [7, 11) is -1.38. The van der Waals surface area contributed by atoms with Gasteiger partial charge in [0.05, 0.1) is 11.1 Å². The Kier molecular flexibility index (Phi) is 4.20. The Bertz CT molecular complexity index is 436. The largest absolute Gasteiger partial charge is 0.192 e. The van der Waals surface area contributed by atoms with Gasteiger partial charge in [0.1, 0.15) is 8.07 Å². The van der Waals surface area contributed by atoms with E-state index in [9.17, 15) is 0 Å². The van der Waals surface area contributed by atoms with Gasteiger partial charge >= 0.3 is 0 Å². The van der Waals surface area contributed by atoms with E-state index in [2.05, 4.69) is 78.5 Å². The zero-order valence-electron chi connectivity index (χ0n) is 13.2. The maximum atomic E-state index is 3.59. The molecule has 0 aliphatic rings. The molecule has 0 fully saturated rings. The van der Waals surface area contributed by atoms with Crippen LogP contribution in [0.25, 0.3) is 0 Å². The summed E-state index contributed by atoms with van der Waals surface area (Å²) in [5.74, 6) is 0. The van der Waals surface area contributed by atoms with Crippen LogP contribution in [0.2, 0.25) is 18.1 Å². The van der Waals surface area contributed by atoms with E-state index in [-0.39, 0.29) is 0 Å². The molecule has 0 heterocycles. The van der Waals surface area contributed by atoms with Crippen LogP contribution in [0, 0.1) is 26.8 Å². The van der Waals surface area contributed by atoms with Gasteiger partial charge in [-0.3, -0.25) is 0 Å². The van der Waals surface area contributed by atoms with E-state index in [1.807, 2.05) is 0 Å². The van der Waals surface area contributed by atoms with Crippen molar-refractivity contribution < 1.29 is 0 Å². The van der Waals surface area contributed by atoms with E-state index in [1.54, 1.807) is 0 Å². The third-order valence-corrected chi connectivity index (χ3v) is 8.92. The molecule has 1 aromatic carbocycles. The van der Waals surface area contributed by atoms with Crippen LogP contribution >= 0.6 is 0 Å². The molecular formula is C17H27Si+. The molecular weight excluding hydrogens is 232 g/mol. The Balaban J connectivity index is 3.13. The van der Waals surface area contributed by atoms with Gasteiger partial charge in [0.15, 0.2) is 5.56 Å². The van der Waals surface area contributed by atoms with Crippen LogP contribution in [-0.4, -0.2) is 8.07 Å². The first-order chi connectivity index (χ1) is 8.04. The van der Waals surface area contributed by atoms with Gasteiger partial charge in [0, 0.05) is 37.8 Å². The minimum Gasteiger partial charge on any atom is -0.0639 e. The lowest BCUT2D eigenvalue weighted by Gasteiger charge is -2.32. The van der Waals surface area contributed by atoms with Gasteiger partial charge < -0.3 is 0 Å². The number of benzene rings is 1. The topological polar surface area (TPSA) is 0 Å². The minimum atomic E-state index is -1.38. The van der Waals surface area contributed by atoms with Crippen molar-refractivity contribution in [3.63, 3.8) is 0 Å². The Labute approximate surface area is 114 Å². The van der Waals surface area contributed by atoms with E-state index in [4.69, 9.17) is 0 Å². The van der Waals surface area contributed by atoms with Crippen molar-refractivity contribution in [3.8, 4) is 0 Å². The molecule has 0 radical (unpaired) electrons. The Hall–Kier alpha value is -0.913. The fourth-order valence-corrected chi connectivity index (χ4v) is 2.81. The summed E-state index contributed by atoms with van der Waals surface area (Å²) in [6.45, 7) is 18.4. The summed E-state index contributed by atoms with van der Waals surface area (Å²) in [5, 5.41) is 0.381. The molecule has 0 saturated heterocycles. The van der Waals surface area contributed by atoms with Crippen LogP contribution in [0.4, 0.5) is 0 Å². The van der Waals surface area contributed by atoms with Crippen molar-refractivity contribution in [3.05, 3.63) is 46.2 Å². The Morgan fingerprint density at radius 3 is 1.83 bits per heavy atom. The van der Waals surface area contributed by atoms with Crippen molar-refractivity contribution >= 4 is 8.07 Å². The maximum Gasteiger partial charge on any atom is 0.192 e. The third kappa shape index (κ3) is 3.31. The summed E-state index contributed by atoms with van der Waals surface area (Å²) in [6, 6.07) is 4.49. The van der Waals surface area contributed by atoms with Crippen LogP contribution in [0.15, 0.2) is 17.8 Å². The van der Waals surface area contributed by atoms with Crippen molar-refractivity contribution in [2.45, 2.75) is 59.7 Å². The lowest BCUT2D eigenvalue weighted by molar-refractivity contribution is 0.728. The van der Waals surface area contributed by atoms with Crippen molar-refractivity contribution in [1.82, 2.24) is 0 Å². The molecule has 0 aliphatic heterocycles. The Morgan fingerprint density at radius 1 is 1.00 bits per heavy atom. The second kappa shape index (κ2) is 4.99. The molecule has 0 bridgehead atoms. The summed E-state index contributed by atoms with van der Waals surface area (Å²) in [5.41, 5.74) is 7.66. The highest BCUT2D eigenvalue weighted by Crippen LogP contribution is 2.36. The first-order valence-electron chi connectivity index (χ1n) is 6.73. The van der Waals surface area contributed by atoms with Gasteiger partial charge in [-0.1, -0.05) is 33.9 Å². The summed E-state index contributed by atoms with van der Waals surface area (Å²) < 4.78 is 0. The van der Waals surface area contributed by atoms with Crippen molar-refractivity contribution in [2.24, 2.45) is 0 Å². The molecule has 1 aromatic rings. The van der Waals surface area contributed by atoms with Gasteiger partial charge in [-0.15, -0.1) is 0 Å². The van der Waals surface area contributed by atoms with Crippen LogP contribution in [0.3, 0.4) is 0 Å². The molecule has 0 nitrogen and oxygen atoms in total. The monoisotopic (exact) mass is 259 g/mol. The number of hydrogen-bond donors (Lipinski definition) is 0. The average molecular weight is 259 g/mol. The number of hydrogen-bond acceptors (Lipinski definition) is 0. The molecule has 0 atom stereocenters. The van der Waals surface area contributed by atoms with Crippen molar-refractivity contribution in [1.29, 1.82) is 0 Å². The normalized spacial score (nSPS) is 12.9. The second-order valence-electron chi connectivity index (χ2n) is 7.03. The van der Waals surface area contributed by atoms with Crippen LogP contribution < -0.4 is 0 Å².